The summed E-state index contributed by atoms with van der Waals surface area (Å²) in [5.41, 5.74) is 0. The van der Waals surface area contributed by atoms with E-state index in [1.165, 1.54) is 231 Å². The van der Waals surface area contributed by atoms with Gasteiger partial charge in [0.25, 0.3) is 7.82 Å². The number of nitrogens with zero attached hydrogens (tertiary/aromatic N) is 1. The van der Waals surface area contributed by atoms with Crippen LogP contribution in [0.2, 0.25) is 0 Å². The summed E-state index contributed by atoms with van der Waals surface area (Å²) in [6.07, 6.45) is 54.4. The molecule has 0 heterocycles. The molecule has 0 bridgehead atoms. The van der Waals surface area contributed by atoms with E-state index in [-0.39, 0.29) is 32.0 Å². The van der Waals surface area contributed by atoms with Crippen LogP contribution >= 0.6 is 7.82 Å². The van der Waals surface area contributed by atoms with Gasteiger partial charge in [0.15, 0.2) is 6.10 Å². The summed E-state index contributed by atoms with van der Waals surface area (Å²) in [4.78, 5) is 37.8. The number of carbonyl (C=O) groups excluding carboxylic acids is 2. The number of quaternary nitrogens is 1. The van der Waals surface area contributed by atoms with Crippen LogP contribution in [0.4, 0.5) is 0 Å². The molecule has 0 radical (unpaired) electrons. The molecule has 0 aromatic carbocycles. The average Bonchev–Trinajstić information content (AvgIpc) is 3.27. The molecule has 10 heteroatoms. The normalized spacial score (nSPS) is 13.2. The Morgan fingerprint density at radius 3 is 0.970 bits per heavy atom. The minimum atomic E-state index is -4.62. The summed E-state index contributed by atoms with van der Waals surface area (Å²) < 4.78 is 34.1. The van der Waals surface area contributed by atoms with Crippen molar-refractivity contribution in [3.05, 3.63) is 0 Å². The molecule has 66 heavy (non-hydrogen) atoms. The molecule has 0 spiro atoms. The van der Waals surface area contributed by atoms with E-state index in [1.54, 1.807) is 0 Å². The van der Waals surface area contributed by atoms with Gasteiger partial charge >= 0.3 is 11.9 Å². The van der Waals surface area contributed by atoms with Gasteiger partial charge in [-0.3, -0.25) is 14.2 Å². The minimum absolute atomic E-state index is 0.0252. The van der Waals surface area contributed by atoms with Crippen LogP contribution in [-0.4, -0.2) is 70.0 Å². The highest BCUT2D eigenvalue weighted by molar-refractivity contribution is 7.45. The Kier molecular flexibility index (Phi) is 48.3. The predicted molar refractivity (Wildman–Crippen MR) is 278 cm³/mol. The summed E-state index contributed by atoms with van der Waals surface area (Å²) in [6, 6.07) is 0. The summed E-state index contributed by atoms with van der Waals surface area (Å²) in [7, 11) is 1.19. The second kappa shape index (κ2) is 49.0. The molecule has 0 saturated heterocycles. The lowest BCUT2D eigenvalue weighted by molar-refractivity contribution is -0.870. The number of carbonyl (C=O) groups is 2. The molecule has 0 fully saturated rings. The van der Waals surface area contributed by atoms with Gasteiger partial charge in [0.05, 0.1) is 27.7 Å². The summed E-state index contributed by atoms with van der Waals surface area (Å²) >= 11 is 0. The molecule has 0 aromatic rings. The van der Waals surface area contributed by atoms with Gasteiger partial charge in [0.2, 0.25) is 0 Å². The predicted octanol–water partition coefficient (Wildman–Crippen LogP) is 16.9. The summed E-state index contributed by atoms with van der Waals surface area (Å²) in [6.45, 7) is 4.30. The lowest BCUT2D eigenvalue weighted by atomic mass is 10.0. The summed E-state index contributed by atoms with van der Waals surface area (Å²) in [5, 5.41) is 0. The van der Waals surface area contributed by atoms with Crippen molar-refractivity contribution in [2.45, 2.75) is 302 Å². The van der Waals surface area contributed by atoms with E-state index in [0.29, 0.717) is 17.4 Å². The lowest BCUT2D eigenvalue weighted by Gasteiger charge is -2.28. The Labute approximate surface area is 410 Å². The maximum Gasteiger partial charge on any atom is 0.306 e. The highest BCUT2D eigenvalue weighted by Crippen LogP contribution is 2.38. The van der Waals surface area contributed by atoms with E-state index in [1.807, 2.05) is 21.1 Å². The van der Waals surface area contributed by atoms with Gasteiger partial charge in [-0.25, -0.2) is 0 Å². The van der Waals surface area contributed by atoms with E-state index in [2.05, 4.69) is 13.8 Å². The van der Waals surface area contributed by atoms with Crippen LogP contribution in [0.3, 0.4) is 0 Å². The second-order valence-corrected chi connectivity index (χ2v) is 22.4. The Hall–Kier alpha value is -0.990. The number of phosphoric ester groups is 1. The molecule has 0 aliphatic carbocycles. The first-order valence-electron chi connectivity index (χ1n) is 28.7. The van der Waals surface area contributed by atoms with Crippen molar-refractivity contribution in [3.8, 4) is 0 Å². The van der Waals surface area contributed by atoms with Crippen LogP contribution in [0.1, 0.15) is 296 Å². The molecule has 0 aromatic heterocycles. The monoisotopic (exact) mass is 958 g/mol. The van der Waals surface area contributed by atoms with Crippen LogP contribution < -0.4 is 4.89 Å². The first-order chi connectivity index (χ1) is 32.0. The number of hydrogen-bond acceptors (Lipinski definition) is 8. The molecule has 394 valence electrons. The van der Waals surface area contributed by atoms with Gasteiger partial charge < -0.3 is 27.9 Å². The smallest absolute Gasteiger partial charge is 0.306 e. The molecule has 0 saturated carbocycles. The standard InChI is InChI=1S/C56H112NO8P/c1-6-8-10-12-14-16-18-20-22-23-24-25-26-27-28-29-30-31-32-33-34-35-37-39-41-43-45-47-49-56(59)65-54(53-64-66(60,61)63-51-50-57(3,4)5)52-62-55(58)48-46-44-42-40-38-36-21-19-17-15-13-11-9-7-2/h54H,6-53H2,1-5H3. The quantitative estimate of drug-likeness (QED) is 0.0256. The molecule has 0 aliphatic rings. The van der Waals surface area contributed by atoms with Crippen molar-refractivity contribution in [1.29, 1.82) is 0 Å². The number of esters is 2. The van der Waals surface area contributed by atoms with Crippen LogP contribution in [0.15, 0.2) is 0 Å². The molecular formula is C56H112NO8P. The van der Waals surface area contributed by atoms with Crippen molar-refractivity contribution in [2.75, 3.05) is 47.5 Å². The fourth-order valence-corrected chi connectivity index (χ4v) is 9.39. The maximum absolute atomic E-state index is 12.8. The Morgan fingerprint density at radius 1 is 0.409 bits per heavy atom. The van der Waals surface area contributed by atoms with Crippen LogP contribution in [0.5, 0.6) is 0 Å². The van der Waals surface area contributed by atoms with Gasteiger partial charge in [-0.2, -0.15) is 0 Å². The first-order valence-corrected chi connectivity index (χ1v) is 30.2. The van der Waals surface area contributed by atoms with Crippen molar-refractivity contribution >= 4 is 19.8 Å². The van der Waals surface area contributed by atoms with E-state index in [0.717, 1.165) is 32.1 Å². The Bertz CT molecular complexity index is 1080. The SMILES string of the molecule is CCCCCCCCCCCCCCCCCCCCCCCCCCCCCCC(=O)OC(COC(=O)CCCCCCCCCCCCCCCC)COP(=O)([O-])OCC[N+](C)(C)C. The lowest BCUT2D eigenvalue weighted by Crippen LogP contribution is -2.37. The van der Waals surface area contributed by atoms with Crippen LogP contribution in [-0.2, 0) is 32.7 Å². The van der Waals surface area contributed by atoms with Crippen LogP contribution in [0.25, 0.3) is 0 Å². The maximum atomic E-state index is 12.8. The van der Waals surface area contributed by atoms with E-state index < -0.39 is 26.5 Å². The molecular weight excluding hydrogens is 846 g/mol. The number of rotatable bonds is 54. The van der Waals surface area contributed by atoms with Crippen molar-refractivity contribution in [1.82, 2.24) is 0 Å². The van der Waals surface area contributed by atoms with Gasteiger partial charge in [0, 0.05) is 12.8 Å². The van der Waals surface area contributed by atoms with E-state index in [9.17, 15) is 19.0 Å². The minimum Gasteiger partial charge on any atom is -0.756 e. The number of unbranched alkanes of at least 4 members (excludes halogenated alkanes) is 40. The van der Waals surface area contributed by atoms with Crippen molar-refractivity contribution in [3.63, 3.8) is 0 Å². The molecule has 0 amide bonds. The Morgan fingerprint density at radius 2 is 0.682 bits per heavy atom. The van der Waals surface area contributed by atoms with Crippen molar-refractivity contribution < 1.29 is 42.1 Å². The molecule has 0 N–H and O–H groups in total. The fourth-order valence-electron chi connectivity index (χ4n) is 8.66. The molecule has 2 unspecified atom stereocenters. The molecule has 0 aliphatic heterocycles. The van der Waals surface area contributed by atoms with Crippen LogP contribution in [0, 0.1) is 0 Å². The number of hydrogen-bond donors (Lipinski definition) is 0. The van der Waals surface area contributed by atoms with Gasteiger partial charge in [-0.05, 0) is 12.8 Å². The highest BCUT2D eigenvalue weighted by atomic mass is 31.2. The molecule has 9 nitrogen and oxygen atoms in total. The Balaban J connectivity index is 4.03. The topological polar surface area (TPSA) is 111 Å². The first kappa shape index (κ1) is 65.0. The van der Waals surface area contributed by atoms with Gasteiger partial charge in [-0.1, -0.05) is 271 Å². The fraction of sp³-hybridized carbons (Fsp3) is 0.964. The largest absolute Gasteiger partial charge is 0.756 e. The zero-order valence-electron chi connectivity index (χ0n) is 44.7. The van der Waals surface area contributed by atoms with E-state index in [4.69, 9.17) is 18.5 Å². The van der Waals surface area contributed by atoms with E-state index >= 15 is 0 Å². The van der Waals surface area contributed by atoms with Gasteiger partial charge in [-0.15, -0.1) is 0 Å². The van der Waals surface area contributed by atoms with Crippen molar-refractivity contribution in [2.24, 2.45) is 0 Å². The zero-order chi connectivity index (χ0) is 48.5. The zero-order valence-corrected chi connectivity index (χ0v) is 45.6. The average molecular weight is 958 g/mol. The number of ether oxygens (including phenoxy) is 2. The molecule has 2 atom stereocenters. The molecule has 0 rings (SSSR count). The number of phosphoric acid groups is 1. The highest BCUT2D eigenvalue weighted by Gasteiger charge is 2.22. The summed E-state index contributed by atoms with van der Waals surface area (Å²) in [5.74, 6) is -0.812. The third-order valence-corrected chi connectivity index (χ3v) is 14.1. The number of likely N-dealkylation sites (N-methyl/N-ethyl adjacent to an activating group) is 1. The third kappa shape index (κ3) is 52.4. The third-order valence-electron chi connectivity index (χ3n) is 13.1. The van der Waals surface area contributed by atoms with Gasteiger partial charge in [0.1, 0.15) is 19.8 Å². The second-order valence-electron chi connectivity index (χ2n) is 21.0.